The number of oxazole rings is 1. The van der Waals surface area contributed by atoms with Crippen LogP contribution in [0.5, 0.6) is 0 Å². The van der Waals surface area contributed by atoms with Gasteiger partial charge in [0.05, 0.1) is 10.6 Å². The van der Waals surface area contributed by atoms with Crippen LogP contribution in [0, 0.1) is 6.92 Å². The van der Waals surface area contributed by atoms with Gasteiger partial charge in [-0.2, -0.15) is 0 Å². The number of benzene rings is 2. The fourth-order valence-corrected chi connectivity index (χ4v) is 3.05. The predicted molar refractivity (Wildman–Crippen MR) is 104 cm³/mol. The molecule has 1 amide bonds. The molecule has 4 rings (SSSR count). The van der Waals surface area contributed by atoms with Crippen molar-refractivity contribution in [3.05, 3.63) is 69.5 Å². The monoisotopic (exact) mass is 430 g/mol. The molecular weight excluding hydrogens is 420 g/mol. The second-order valence-corrected chi connectivity index (χ2v) is 6.93. The molecule has 4 aromatic rings. The summed E-state index contributed by atoms with van der Waals surface area (Å²) in [5.74, 6) is 0.232. The van der Waals surface area contributed by atoms with Crippen LogP contribution in [0.2, 0.25) is 5.02 Å². The summed E-state index contributed by atoms with van der Waals surface area (Å²) in [5, 5.41) is 3.25. The van der Waals surface area contributed by atoms with Gasteiger partial charge in [0, 0.05) is 5.69 Å². The maximum absolute atomic E-state index is 12.2. The van der Waals surface area contributed by atoms with E-state index in [0.29, 0.717) is 32.4 Å². The first kappa shape index (κ1) is 16.9. The summed E-state index contributed by atoms with van der Waals surface area (Å²) in [6.07, 6.45) is 0. The quantitative estimate of drug-likeness (QED) is 0.428. The molecule has 0 saturated carbocycles. The van der Waals surface area contributed by atoms with Crippen LogP contribution in [-0.2, 0) is 0 Å². The van der Waals surface area contributed by atoms with E-state index in [4.69, 9.17) is 20.4 Å². The van der Waals surface area contributed by atoms with Crippen LogP contribution in [0.1, 0.15) is 16.1 Å². The summed E-state index contributed by atoms with van der Waals surface area (Å²) in [4.78, 5) is 16.7. The zero-order chi connectivity index (χ0) is 18.3. The van der Waals surface area contributed by atoms with Crippen LogP contribution in [-0.4, -0.2) is 10.9 Å². The highest BCUT2D eigenvalue weighted by Crippen LogP contribution is 2.32. The lowest BCUT2D eigenvalue weighted by atomic mass is 10.2. The average molecular weight is 432 g/mol. The number of anilines is 1. The van der Waals surface area contributed by atoms with Gasteiger partial charge in [0.2, 0.25) is 5.89 Å². The summed E-state index contributed by atoms with van der Waals surface area (Å²) in [5.41, 5.74) is 3.68. The molecular formula is C19H12BrClN2O3. The second-order valence-electron chi connectivity index (χ2n) is 5.74. The molecule has 0 spiro atoms. The van der Waals surface area contributed by atoms with Crippen molar-refractivity contribution in [2.45, 2.75) is 6.92 Å². The molecule has 0 atom stereocenters. The van der Waals surface area contributed by atoms with Crippen molar-refractivity contribution in [1.82, 2.24) is 4.98 Å². The molecule has 2 heterocycles. The largest absolute Gasteiger partial charge is 0.444 e. The highest BCUT2D eigenvalue weighted by atomic mass is 79.9. The van der Waals surface area contributed by atoms with E-state index in [0.717, 1.165) is 11.1 Å². The van der Waals surface area contributed by atoms with Crippen LogP contribution < -0.4 is 5.32 Å². The van der Waals surface area contributed by atoms with E-state index < -0.39 is 0 Å². The zero-order valence-electron chi connectivity index (χ0n) is 13.5. The lowest BCUT2D eigenvalue weighted by Crippen LogP contribution is -2.10. The number of halogens is 2. The molecule has 7 heteroatoms. The number of rotatable bonds is 3. The third-order valence-corrected chi connectivity index (χ3v) is 4.55. The number of nitrogens with zero attached hydrogens (tertiary/aromatic N) is 1. The van der Waals surface area contributed by atoms with Crippen LogP contribution in [0.25, 0.3) is 22.6 Å². The highest BCUT2D eigenvalue weighted by molar-refractivity contribution is 9.10. The topological polar surface area (TPSA) is 68.3 Å². The third kappa shape index (κ3) is 3.25. The lowest BCUT2D eigenvalue weighted by Gasteiger charge is -2.06. The standard InChI is InChI=1S/C19H12BrClN2O3/c1-10-2-5-15-14(8-10)23-19(26-15)12-9-11(3-4-13(12)21)22-18(24)16-6-7-17(20)25-16/h2-9H,1H3,(H,22,24). The van der Waals surface area contributed by atoms with Gasteiger partial charge < -0.3 is 14.2 Å². The first-order valence-electron chi connectivity index (χ1n) is 7.73. The Morgan fingerprint density at radius 1 is 1.12 bits per heavy atom. The smallest absolute Gasteiger partial charge is 0.291 e. The number of amides is 1. The predicted octanol–water partition coefficient (Wildman–Crippen LogP) is 6.06. The van der Waals surface area contributed by atoms with E-state index in [-0.39, 0.29) is 11.7 Å². The minimum Gasteiger partial charge on any atom is -0.444 e. The van der Waals surface area contributed by atoms with Crippen molar-refractivity contribution in [1.29, 1.82) is 0 Å². The second kappa shape index (κ2) is 6.63. The average Bonchev–Trinajstić information content (AvgIpc) is 3.22. The number of hydrogen-bond donors (Lipinski definition) is 1. The first-order chi connectivity index (χ1) is 12.5. The van der Waals surface area contributed by atoms with Crippen LogP contribution in [0.15, 0.2) is 62.0 Å². The van der Waals surface area contributed by atoms with Gasteiger partial charge in [0.25, 0.3) is 5.91 Å². The van der Waals surface area contributed by atoms with Gasteiger partial charge in [-0.25, -0.2) is 4.98 Å². The zero-order valence-corrected chi connectivity index (χ0v) is 15.9. The molecule has 1 N–H and O–H groups in total. The molecule has 0 fully saturated rings. The van der Waals surface area contributed by atoms with Crippen molar-refractivity contribution in [3.63, 3.8) is 0 Å². The SMILES string of the molecule is Cc1ccc2oc(-c3cc(NC(=O)c4ccc(Br)o4)ccc3Cl)nc2c1. The number of carbonyl (C=O) groups excluding carboxylic acids is 1. The number of hydrogen-bond acceptors (Lipinski definition) is 4. The normalized spacial score (nSPS) is 11.0. The third-order valence-electron chi connectivity index (χ3n) is 3.79. The number of nitrogens with one attached hydrogen (secondary N) is 1. The van der Waals surface area contributed by atoms with Crippen LogP contribution >= 0.6 is 27.5 Å². The van der Waals surface area contributed by atoms with Gasteiger partial charge in [-0.15, -0.1) is 0 Å². The van der Waals surface area contributed by atoms with Crippen LogP contribution in [0.3, 0.4) is 0 Å². The Kier molecular flexibility index (Phi) is 4.30. The molecule has 0 aliphatic heterocycles. The summed E-state index contributed by atoms with van der Waals surface area (Å²) < 4.78 is 11.5. The molecule has 2 aromatic carbocycles. The number of carbonyl (C=O) groups is 1. The minimum absolute atomic E-state index is 0.200. The van der Waals surface area contributed by atoms with Gasteiger partial charge in [-0.3, -0.25) is 4.79 Å². The summed E-state index contributed by atoms with van der Waals surface area (Å²) in [6.45, 7) is 1.99. The van der Waals surface area contributed by atoms with Crippen molar-refractivity contribution in [3.8, 4) is 11.5 Å². The molecule has 0 bridgehead atoms. The van der Waals surface area contributed by atoms with E-state index in [1.54, 1.807) is 30.3 Å². The molecule has 0 unspecified atom stereocenters. The van der Waals surface area contributed by atoms with E-state index >= 15 is 0 Å². The molecule has 0 aliphatic rings. The molecule has 0 radical (unpaired) electrons. The van der Waals surface area contributed by atoms with Gasteiger partial charge in [0.1, 0.15) is 5.52 Å². The Morgan fingerprint density at radius 3 is 2.73 bits per heavy atom. The number of aryl methyl sites for hydroxylation is 1. The lowest BCUT2D eigenvalue weighted by molar-refractivity contribution is 0.0995. The molecule has 26 heavy (non-hydrogen) atoms. The summed E-state index contributed by atoms with van der Waals surface area (Å²) in [7, 11) is 0. The first-order valence-corrected chi connectivity index (χ1v) is 8.90. The fraction of sp³-hybridized carbons (Fsp3) is 0.0526. The summed E-state index contributed by atoms with van der Waals surface area (Å²) in [6, 6.07) is 14.1. The van der Waals surface area contributed by atoms with Crippen molar-refractivity contribution >= 4 is 50.2 Å². The number of aromatic nitrogens is 1. The molecule has 0 saturated heterocycles. The van der Waals surface area contributed by atoms with E-state index in [2.05, 4.69) is 26.2 Å². The Balaban J connectivity index is 1.68. The Hall–Kier alpha value is -2.57. The van der Waals surface area contributed by atoms with Gasteiger partial charge >= 0.3 is 0 Å². The van der Waals surface area contributed by atoms with Gasteiger partial charge in [-0.1, -0.05) is 17.7 Å². The number of fused-ring (bicyclic) bond motifs is 1. The Bertz CT molecular complexity index is 1130. The van der Waals surface area contributed by atoms with Gasteiger partial charge in [-0.05, 0) is 70.9 Å². The van der Waals surface area contributed by atoms with E-state index in [1.165, 1.54) is 0 Å². The van der Waals surface area contributed by atoms with Crippen molar-refractivity contribution < 1.29 is 13.6 Å². The van der Waals surface area contributed by atoms with E-state index in [1.807, 2.05) is 25.1 Å². The maximum atomic E-state index is 12.2. The van der Waals surface area contributed by atoms with Gasteiger partial charge in [0.15, 0.2) is 16.0 Å². The molecule has 130 valence electrons. The summed E-state index contributed by atoms with van der Waals surface area (Å²) >= 11 is 9.48. The van der Waals surface area contributed by atoms with Crippen molar-refractivity contribution in [2.75, 3.05) is 5.32 Å². The maximum Gasteiger partial charge on any atom is 0.291 e. The molecule has 0 aliphatic carbocycles. The number of furan rings is 1. The highest BCUT2D eigenvalue weighted by Gasteiger charge is 2.15. The molecule has 5 nitrogen and oxygen atoms in total. The molecule has 2 aromatic heterocycles. The van der Waals surface area contributed by atoms with Crippen LogP contribution in [0.4, 0.5) is 5.69 Å². The van der Waals surface area contributed by atoms with Crippen molar-refractivity contribution in [2.24, 2.45) is 0 Å². The Morgan fingerprint density at radius 2 is 1.96 bits per heavy atom. The minimum atomic E-state index is -0.364. The fourth-order valence-electron chi connectivity index (χ4n) is 2.55. The van der Waals surface area contributed by atoms with E-state index in [9.17, 15) is 4.79 Å². The Labute approximate surface area is 162 Å².